The molecule has 0 aromatic carbocycles. The van der Waals surface area contributed by atoms with Gasteiger partial charge in [-0.1, -0.05) is 19.3 Å². The van der Waals surface area contributed by atoms with Crippen molar-refractivity contribution in [1.29, 1.82) is 0 Å². The summed E-state index contributed by atoms with van der Waals surface area (Å²) in [7, 11) is 0. The van der Waals surface area contributed by atoms with E-state index in [1.165, 1.54) is 12.8 Å². The van der Waals surface area contributed by atoms with Crippen LogP contribution in [0.3, 0.4) is 0 Å². The first-order valence-corrected chi connectivity index (χ1v) is 7.01. The molecule has 104 valence electrons. The first-order chi connectivity index (χ1) is 8.74. The molecule has 1 heterocycles. The summed E-state index contributed by atoms with van der Waals surface area (Å²) < 4.78 is 0. The van der Waals surface area contributed by atoms with E-state index in [0.29, 0.717) is 18.7 Å². The molecule has 2 amide bonds. The molecule has 0 spiro atoms. The molecular weight excluding hydrogens is 230 g/mol. The van der Waals surface area contributed by atoms with Crippen molar-refractivity contribution in [3.05, 3.63) is 0 Å². The number of rotatable bonds is 6. The number of likely N-dealkylation sites (tertiary alicyclic amines) is 1. The van der Waals surface area contributed by atoms with Crippen molar-refractivity contribution in [2.45, 2.75) is 57.8 Å². The summed E-state index contributed by atoms with van der Waals surface area (Å²) in [6.07, 6.45) is 8.55. The molecule has 0 saturated carbocycles. The van der Waals surface area contributed by atoms with Crippen LogP contribution in [0.2, 0.25) is 0 Å². The average molecular weight is 255 g/mol. The van der Waals surface area contributed by atoms with Gasteiger partial charge in [0.1, 0.15) is 0 Å². The van der Waals surface area contributed by atoms with Crippen molar-refractivity contribution in [3.63, 3.8) is 0 Å². The number of amides is 2. The normalized spacial score (nSPS) is 17.2. The summed E-state index contributed by atoms with van der Waals surface area (Å²) in [6, 6.07) is 0. The molecule has 1 aliphatic rings. The third-order valence-corrected chi connectivity index (χ3v) is 3.41. The van der Waals surface area contributed by atoms with Gasteiger partial charge in [0, 0.05) is 25.9 Å². The van der Waals surface area contributed by atoms with E-state index in [2.05, 4.69) is 5.43 Å². The maximum absolute atomic E-state index is 11.8. The standard InChI is InChI=1S/C13H25N3O2/c14-15-12(17)8-4-3-7-11-16-10-6-2-1-5-9-13(16)18/h1-11,14H2,(H,15,17). The number of hydrogen-bond acceptors (Lipinski definition) is 3. The minimum atomic E-state index is -0.114. The van der Waals surface area contributed by atoms with E-state index in [0.717, 1.165) is 45.2 Å². The van der Waals surface area contributed by atoms with Gasteiger partial charge < -0.3 is 4.90 Å². The Bertz CT molecular complexity index is 269. The summed E-state index contributed by atoms with van der Waals surface area (Å²) in [6.45, 7) is 1.74. The predicted molar refractivity (Wildman–Crippen MR) is 70.5 cm³/mol. The summed E-state index contributed by atoms with van der Waals surface area (Å²) in [5, 5.41) is 0. The molecule has 0 aliphatic carbocycles. The van der Waals surface area contributed by atoms with E-state index in [-0.39, 0.29) is 5.91 Å². The fraction of sp³-hybridized carbons (Fsp3) is 0.846. The van der Waals surface area contributed by atoms with Crippen molar-refractivity contribution >= 4 is 11.8 Å². The van der Waals surface area contributed by atoms with Crippen LogP contribution in [0.25, 0.3) is 0 Å². The number of carbonyl (C=O) groups excluding carboxylic acids is 2. The van der Waals surface area contributed by atoms with Crippen molar-refractivity contribution in [2.75, 3.05) is 13.1 Å². The third-order valence-electron chi connectivity index (χ3n) is 3.41. The molecule has 0 aromatic rings. The van der Waals surface area contributed by atoms with Gasteiger partial charge in [-0.25, -0.2) is 5.84 Å². The number of hydrazine groups is 1. The molecule has 1 fully saturated rings. The van der Waals surface area contributed by atoms with Gasteiger partial charge in [0.25, 0.3) is 0 Å². The number of unbranched alkanes of at least 4 members (excludes halogenated alkanes) is 2. The van der Waals surface area contributed by atoms with Crippen molar-refractivity contribution in [3.8, 4) is 0 Å². The fourth-order valence-corrected chi connectivity index (χ4v) is 2.29. The SMILES string of the molecule is NNC(=O)CCCCCN1CCCCCCC1=O. The first kappa shape index (κ1) is 15.0. The number of nitrogens with one attached hydrogen (secondary N) is 1. The largest absolute Gasteiger partial charge is 0.343 e. The van der Waals surface area contributed by atoms with Crippen molar-refractivity contribution < 1.29 is 9.59 Å². The predicted octanol–water partition coefficient (Wildman–Crippen LogP) is 1.33. The zero-order chi connectivity index (χ0) is 13.2. The minimum Gasteiger partial charge on any atom is -0.343 e. The first-order valence-electron chi connectivity index (χ1n) is 7.01. The lowest BCUT2D eigenvalue weighted by Crippen LogP contribution is -2.33. The van der Waals surface area contributed by atoms with E-state index < -0.39 is 0 Å². The highest BCUT2D eigenvalue weighted by molar-refractivity contribution is 5.76. The Morgan fingerprint density at radius 1 is 1.17 bits per heavy atom. The lowest BCUT2D eigenvalue weighted by molar-refractivity contribution is -0.132. The number of nitrogens with two attached hydrogens (primary N) is 1. The summed E-state index contributed by atoms with van der Waals surface area (Å²) in [5.74, 6) is 5.19. The Balaban J connectivity index is 2.12. The van der Waals surface area contributed by atoms with E-state index in [1.54, 1.807) is 0 Å². The molecule has 5 heteroatoms. The molecule has 0 atom stereocenters. The quantitative estimate of drug-likeness (QED) is 0.325. The number of carbonyl (C=O) groups is 2. The van der Waals surface area contributed by atoms with Crippen LogP contribution < -0.4 is 11.3 Å². The smallest absolute Gasteiger partial charge is 0.233 e. The van der Waals surface area contributed by atoms with Crippen LogP contribution in [0.15, 0.2) is 0 Å². The average Bonchev–Trinajstić information content (AvgIpc) is 2.36. The topological polar surface area (TPSA) is 75.4 Å². The highest BCUT2D eigenvalue weighted by atomic mass is 16.2. The molecule has 1 rings (SSSR count). The molecule has 1 aliphatic heterocycles. The Labute approximate surface area is 109 Å². The highest BCUT2D eigenvalue weighted by Gasteiger charge is 2.14. The van der Waals surface area contributed by atoms with Crippen LogP contribution in [0.4, 0.5) is 0 Å². The van der Waals surface area contributed by atoms with Crippen LogP contribution in [0.1, 0.15) is 57.8 Å². The minimum absolute atomic E-state index is 0.114. The van der Waals surface area contributed by atoms with Gasteiger partial charge in [-0.3, -0.25) is 15.0 Å². The maximum Gasteiger partial charge on any atom is 0.233 e. The van der Waals surface area contributed by atoms with Gasteiger partial charge in [0.2, 0.25) is 11.8 Å². The number of nitrogens with zero attached hydrogens (tertiary/aromatic N) is 1. The molecular formula is C13H25N3O2. The molecule has 1 saturated heterocycles. The molecule has 0 unspecified atom stereocenters. The lowest BCUT2D eigenvalue weighted by atomic mass is 10.1. The van der Waals surface area contributed by atoms with Crippen LogP contribution in [0.5, 0.6) is 0 Å². The van der Waals surface area contributed by atoms with Crippen LogP contribution in [0, 0.1) is 0 Å². The van der Waals surface area contributed by atoms with Gasteiger partial charge >= 0.3 is 0 Å². The second kappa shape index (κ2) is 8.91. The Kier molecular flexibility index (Phi) is 7.41. The second-order valence-corrected chi connectivity index (χ2v) is 4.92. The molecule has 0 bridgehead atoms. The molecule has 18 heavy (non-hydrogen) atoms. The maximum atomic E-state index is 11.8. The monoisotopic (exact) mass is 255 g/mol. The summed E-state index contributed by atoms with van der Waals surface area (Å²) >= 11 is 0. The molecule has 5 nitrogen and oxygen atoms in total. The van der Waals surface area contributed by atoms with Gasteiger partial charge in [-0.05, 0) is 25.7 Å². The highest BCUT2D eigenvalue weighted by Crippen LogP contribution is 2.12. The molecule has 3 N–H and O–H groups in total. The van der Waals surface area contributed by atoms with Crippen LogP contribution >= 0.6 is 0 Å². The van der Waals surface area contributed by atoms with E-state index >= 15 is 0 Å². The van der Waals surface area contributed by atoms with E-state index in [9.17, 15) is 9.59 Å². The Morgan fingerprint density at radius 3 is 2.72 bits per heavy atom. The van der Waals surface area contributed by atoms with E-state index in [1.807, 2.05) is 4.90 Å². The van der Waals surface area contributed by atoms with Crippen molar-refractivity contribution in [2.24, 2.45) is 5.84 Å². The fourth-order valence-electron chi connectivity index (χ4n) is 2.29. The Hall–Kier alpha value is -1.10. The van der Waals surface area contributed by atoms with Gasteiger partial charge in [-0.15, -0.1) is 0 Å². The van der Waals surface area contributed by atoms with Crippen molar-refractivity contribution in [1.82, 2.24) is 10.3 Å². The van der Waals surface area contributed by atoms with Gasteiger partial charge in [0.15, 0.2) is 0 Å². The second-order valence-electron chi connectivity index (χ2n) is 4.92. The van der Waals surface area contributed by atoms with Gasteiger partial charge in [0.05, 0.1) is 0 Å². The van der Waals surface area contributed by atoms with E-state index in [4.69, 9.17) is 5.84 Å². The number of hydrogen-bond donors (Lipinski definition) is 2. The third kappa shape index (κ3) is 6.00. The van der Waals surface area contributed by atoms with Crippen LogP contribution in [-0.2, 0) is 9.59 Å². The Morgan fingerprint density at radius 2 is 1.94 bits per heavy atom. The summed E-state index contributed by atoms with van der Waals surface area (Å²) in [5.41, 5.74) is 2.12. The molecule has 0 radical (unpaired) electrons. The zero-order valence-corrected chi connectivity index (χ0v) is 11.1. The summed E-state index contributed by atoms with van der Waals surface area (Å²) in [4.78, 5) is 24.7. The lowest BCUT2D eigenvalue weighted by Gasteiger charge is -2.24. The van der Waals surface area contributed by atoms with Gasteiger partial charge in [-0.2, -0.15) is 0 Å². The zero-order valence-electron chi connectivity index (χ0n) is 11.1. The molecule has 0 aromatic heterocycles. The van der Waals surface area contributed by atoms with Crippen LogP contribution in [-0.4, -0.2) is 29.8 Å².